The van der Waals surface area contributed by atoms with Gasteiger partial charge in [-0.3, -0.25) is 0 Å². The Bertz CT molecular complexity index is 590. The molecule has 0 amide bonds. The summed E-state index contributed by atoms with van der Waals surface area (Å²) >= 11 is 9.37. The number of imidazole rings is 1. The quantitative estimate of drug-likeness (QED) is 0.736. The van der Waals surface area contributed by atoms with Crippen LogP contribution in [0.4, 0.5) is 0 Å². The van der Waals surface area contributed by atoms with Crippen LogP contribution in [0.5, 0.6) is 0 Å². The molecule has 1 aliphatic carbocycles. The fraction of sp³-hybridized carbons (Fsp3) is 0.600. The predicted octanol–water partition coefficient (Wildman–Crippen LogP) is 4.56. The van der Waals surface area contributed by atoms with E-state index in [1.54, 1.807) is 0 Å². The van der Waals surface area contributed by atoms with Crippen molar-refractivity contribution in [1.29, 1.82) is 0 Å². The Hall–Kier alpha value is -0.610. The number of hydrogen-bond donors (Lipinski definition) is 0. The summed E-state index contributed by atoms with van der Waals surface area (Å²) in [5.41, 5.74) is 1.96. The van der Waals surface area contributed by atoms with Gasteiger partial charge in [0, 0.05) is 29.5 Å². The molecule has 0 aromatic carbocycles. The summed E-state index contributed by atoms with van der Waals surface area (Å²) < 4.78 is 3.24. The molecular weight excluding hydrogens is 338 g/mol. The standard InChI is InChI=1S/C15H19BrClN3/c16-12-9-13-15(18-10-12)20(14(19-13)5-7-17)8-6-11-3-1-2-4-11/h9-11H,1-8H2. The summed E-state index contributed by atoms with van der Waals surface area (Å²) in [7, 11) is 0. The number of pyridine rings is 1. The molecule has 2 heterocycles. The fourth-order valence-corrected chi connectivity index (χ4v) is 3.64. The van der Waals surface area contributed by atoms with Crippen LogP contribution in [0.3, 0.4) is 0 Å². The molecule has 20 heavy (non-hydrogen) atoms. The van der Waals surface area contributed by atoms with Crippen LogP contribution in [0.25, 0.3) is 11.2 Å². The number of rotatable bonds is 5. The van der Waals surface area contributed by atoms with Crippen LogP contribution in [-0.4, -0.2) is 20.4 Å². The van der Waals surface area contributed by atoms with E-state index in [9.17, 15) is 0 Å². The first kappa shape index (κ1) is 14.3. The van der Waals surface area contributed by atoms with Crippen molar-refractivity contribution in [3.05, 3.63) is 22.6 Å². The first-order valence-corrected chi connectivity index (χ1v) is 8.67. The van der Waals surface area contributed by atoms with Gasteiger partial charge in [0.1, 0.15) is 11.3 Å². The largest absolute Gasteiger partial charge is 0.313 e. The maximum Gasteiger partial charge on any atom is 0.160 e. The van der Waals surface area contributed by atoms with E-state index in [4.69, 9.17) is 16.6 Å². The molecule has 0 saturated heterocycles. The van der Waals surface area contributed by atoms with Crippen molar-refractivity contribution in [2.45, 2.75) is 45.1 Å². The molecule has 1 fully saturated rings. The van der Waals surface area contributed by atoms with E-state index < -0.39 is 0 Å². The topological polar surface area (TPSA) is 30.7 Å². The molecule has 0 aliphatic heterocycles. The predicted molar refractivity (Wildman–Crippen MR) is 86.2 cm³/mol. The van der Waals surface area contributed by atoms with Gasteiger partial charge in [-0.25, -0.2) is 9.97 Å². The highest BCUT2D eigenvalue weighted by atomic mass is 79.9. The van der Waals surface area contributed by atoms with E-state index in [0.29, 0.717) is 5.88 Å². The second-order valence-electron chi connectivity index (χ2n) is 5.55. The van der Waals surface area contributed by atoms with Crippen molar-refractivity contribution < 1.29 is 0 Å². The summed E-state index contributed by atoms with van der Waals surface area (Å²) in [6, 6.07) is 2.03. The van der Waals surface area contributed by atoms with Crippen molar-refractivity contribution in [2.24, 2.45) is 5.92 Å². The lowest BCUT2D eigenvalue weighted by Gasteiger charge is -2.12. The van der Waals surface area contributed by atoms with E-state index in [0.717, 1.165) is 40.3 Å². The van der Waals surface area contributed by atoms with E-state index in [1.165, 1.54) is 32.1 Å². The highest BCUT2D eigenvalue weighted by molar-refractivity contribution is 9.10. The zero-order valence-electron chi connectivity index (χ0n) is 11.5. The van der Waals surface area contributed by atoms with Gasteiger partial charge in [0.25, 0.3) is 0 Å². The third-order valence-electron chi connectivity index (χ3n) is 4.18. The minimum absolute atomic E-state index is 0.605. The lowest BCUT2D eigenvalue weighted by atomic mass is 10.0. The van der Waals surface area contributed by atoms with Crippen LogP contribution < -0.4 is 0 Å². The summed E-state index contributed by atoms with van der Waals surface area (Å²) in [6.45, 7) is 1.02. The van der Waals surface area contributed by atoms with Gasteiger partial charge in [0.05, 0.1) is 0 Å². The first-order valence-electron chi connectivity index (χ1n) is 7.34. The summed E-state index contributed by atoms with van der Waals surface area (Å²) in [5.74, 6) is 2.55. The van der Waals surface area contributed by atoms with Gasteiger partial charge in [0.2, 0.25) is 0 Å². The van der Waals surface area contributed by atoms with E-state index >= 15 is 0 Å². The van der Waals surface area contributed by atoms with Gasteiger partial charge in [-0.05, 0) is 34.3 Å². The van der Waals surface area contributed by atoms with Crippen LogP contribution >= 0.6 is 27.5 Å². The van der Waals surface area contributed by atoms with Crippen molar-refractivity contribution in [2.75, 3.05) is 5.88 Å². The van der Waals surface area contributed by atoms with E-state index in [-0.39, 0.29) is 0 Å². The van der Waals surface area contributed by atoms with Crippen LogP contribution in [-0.2, 0) is 13.0 Å². The Morgan fingerprint density at radius 2 is 2.15 bits per heavy atom. The molecule has 3 nitrogen and oxygen atoms in total. The minimum Gasteiger partial charge on any atom is -0.313 e. The molecule has 0 bridgehead atoms. The number of alkyl halides is 1. The number of aromatic nitrogens is 3. The maximum absolute atomic E-state index is 5.91. The van der Waals surface area contributed by atoms with Gasteiger partial charge in [-0.1, -0.05) is 25.7 Å². The average molecular weight is 357 g/mol. The van der Waals surface area contributed by atoms with E-state index in [2.05, 4.69) is 25.5 Å². The SMILES string of the molecule is ClCCc1nc2cc(Br)cnc2n1CCC1CCCC1. The minimum atomic E-state index is 0.605. The Morgan fingerprint density at radius 3 is 2.90 bits per heavy atom. The van der Waals surface area contributed by atoms with Crippen molar-refractivity contribution in [3.63, 3.8) is 0 Å². The number of fused-ring (bicyclic) bond motifs is 1. The molecule has 2 aromatic heterocycles. The molecule has 2 aromatic rings. The molecule has 1 aliphatic rings. The summed E-state index contributed by atoms with van der Waals surface area (Å²) in [6.07, 6.45) is 9.45. The molecule has 3 rings (SSSR count). The second kappa shape index (κ2) is 6.44. The molecule has 0 radical (unpaired) electrons. The molecule has 0 unspecified atom stereocenters. The van der Waals surface area contributed by atoms with Gasteiger partial charge in [0.15, 0.2) is 5.65 Å². The molecule has 0 N–H and O–H groups in total. The van der Waals surface area contributed by atoms with Crippen LogP contribution in [0.1, 0.15) is 37.9 Å². The highest BCUT2D eigenvalue weighted by Gasteiger charge is 2.17. The monoisotopic (exact) mass is 355 g/mol. The number of hydrogen-bond acceptors (Lipinski definition) is 2. The Morgan fingerprint density at radius 1 is 1.35 bits per heavy atom. The maximum atomic E-state index is 5.91. The number of halogens is 2. The van der Waals surface area contributed by atoms with E-state index in [1.807, 2.05) is 12.3 Å². The third-order valence-corrected chi connectivity index (χ3v) is 4.81. The number of nitrogens with zero attached hydrogens (tertiary/aromatic N) is 3. The summed E-state index contributed by atoms with van der Waals surface area (Å²) in [4.78, 5) is 9.23. The second-order valence-corrected chi connectivity index (χ2v) is 6.85. The van der Waals surface area contributed by atoms with Gasteiger partial charge in [-0.15, -0.1) is 11.6 Å². The Labute approximate surface area is 132 Å². The van der Waals surface area contributed by atoms with Gasteiger partial charge >= 0.3 is 0 Å². The van der Waals surface area contributed by atoms with Crippen molar-refractivity contribution in [1.82, 2.24) is 14.5 Å². The fourth-order valence-electron chi connectivity index (χ4n) is 3.15. The van der Waals surface area contributed by atoms with Crippen molar-refractivity contribution >= 4 is 38.7 Å². The highest BCUT2D eigenvalue weighted by Crippen LogP contribution is 2.29. The Balaban J connectivity index is 1.87. The Kier molecular flexibility index (Phi) is 4.61. The van der Waals surface area contributed by atoms with Crippen LogP contribution in [0.15, 0.2) is 16.7 Å². The zero-order chi connectivity index (χ0) is 13.9. The number of aryl methyl sites for hydroxylation is 2. The molecular formula is C15H19BrClN3. The lowest BCUT2D eigenvalue weighted by Crippen LogP contribution is -2.08. The molecule has 1 saturated carbocycles. The average Bonchev–Trinajstić information content (AvgIpc) is 3.04. The smallest absolute Gasteiger partial charge is 0.160 e. The third kappa shape index (κ3) is 3.01. The normalized spacial score (nSPS) is 16.3. The molecule has 0 spiro atoms. The zero-order valence-corrected chi connectivity index (χ0v) is 13.8. The molecule has 108 valence electrons. The van der Waals surface area contributed by atoms with Crippen LogP contribution in [0, 0.1) is 5.92 Å². The molecule has 0 atom stereocenters. The van der Waals surface area contributed by atoms with Crippen molar-refractivity contribution in [3.8, 4) is 0 Å². The lowest BCUT2D eigenvalue weighted by molar-refractivity contribution is 0.456. The molecule has 5 heteroatoms. The summed E-state index contributed by atoms with van der Waals surface area (Å²) in [5, 5.41) is 0. The van der Waals surface area contributed by atoms with Crippen LogP contribution in [0.2, 0.25) is 0 Å². The van der Waals surface area contributed by atoms with Gasteiger partial charge < -0.3 is 4.57 Å². The first-order chi connectivity index (χ1) is 9.78. The van der Waals surface area contributed by atoms with Gasteiger partial charge in [-0.2, -0.15) is 0 Å².